The summed E-state index contributed by atoms with van der Waals surface area (Å²) in [6, 6.07) is 6.82. The lowest BCUT2D eigenvalue weighted by atomic mass is 9.84. The van der Waals surface area contributed by atoms with Gasteiger partial charge in [0.15, 0.2) is 5.96 Å². The molecule has 6 nitrogen and oxygen atoms in total. The van der Waals surface area contributed by atoms with Crippen molar-refractivity contribution in [1.29, 1.82) is 0 Å². The third-order valence-corrected chi connectivity index (χ3v) is 6.96. The quantitative estimate of drug-likeness (QED) is 0.340. The van der Waals surface area contributed by atoms with Crippen molar-refractivity contribution in [2.75, 3.05) is 32.4 Å². The Morgan fingerprint density at radius 2 is 1.96 bits per heavy atom. The lowest BCUT2D eigenvalue weighted by Gasteiger charge is -2.33. The largest absolute Gasteiger partial charge is 0.356 e. The van der Waals surface area contributed by atoms with Gasteiger partial charge in [-0.1, -0.05) is 26.0 Å². The highest BCUT2D eigenvalue weighted by molar-refractivity contribution is 14.0. The summed E-state index contributed by atoms with van der Waals surface area (Å²) in [6.07, 6.45) is 1.49. The molecule has 0 unspecified atom stereocenters. The van der Waals surface area contributed by atoms with E-state index in [0.29, 0.717) is 25.6 Å². The van der Waals surface area contributed by atoms with E-state index < -0.39 is 10.0 Å². The first-order valence-corrected chi connectivity index (χ1v) is 11.0. The number of nitrogens with one attached hydrogen (secondary N) is 2. The van der Waals surface area contributed by atoms with Crippen LogP contribution in [0.2, 0.25) is 0 Å². The normalized spacial score (nSPS) is 17.1. The van der Waals surface area contributed by atoms with Crippen molar-refractivity contribution in [2.45, 2.75) is 45.1 Å². The maximum absolute atomic E-state index is 13.5. The van der Waals surface area contributed by atoms with Gasteiger partial charge >= 0.3 is 0 Å². The Bertz CT molecular complexity index is 763. The van der Waals surface area contributed by atoms with Gasteiger partial charge in [-0.3, -0.25) is 4.99 Å². The summed E-state index contributed by atoms with van der Waals surface area (Å²) in [7, 11) is -1.40. The van der Waals surface area contributed by atoms with Crippen LogP contribution in [0.4, 0.5) is 4.39 Å². The Kier molecular flexibility index (Phi) is 9.61. The summed E-state index contributed by atoms with van der Waals surface area (Å²) in [4.78, 5) is 4.27. The molecule has 0 atom stereocenters. The molecule has 0 aliphatic carbocycles. The van der Waals surface area contributed by atoms with E-state index in [4.69, 9.17) is 0 Å². The van der Waals surface area contributed by atoms with Crippen LogP contribution in [0.5, 0.6) is 0 Å². The number of hydrogen-bond donors (Lipinski definition) is 2. The van der Waals surface area contributed by atoms with Crippen molar-refractivity contribution in [3.8, 4) is 0 Å². The summed E-state index contributed by atoms with van der Waals surface area (Å²) in [5, 5.41) is 6.69. The van der Waals surface area contributed by atoms with E-state index in [1.54, 1.807) is 30.4 Å². The molecule has 1 aromatic carbocycles. The van der Waals surface area contributed by atoms with Gasteiger partial charge in [0.1, 0.15) is 5.82 Å². The van der Waals surface area contributed by atoms with Gasteiger partial charge in [0.25, 0.3) is 0 Å². The van der Waals surface area contributed by atoms with Crippen LogP contribution in [-0.2, 0) is 15.4 Å². The lowest BCUT2D eigenvalue weighted by molar-refractivity contribution is 0.306. The average Bonchev–Trinajstić information content (AvgIpc) is 2.65. The van der Waals surface area contributed by atoms with Crippen LogP contribution >= 0.6 is 24.0 Å². The molecule has 1 aliphatic heterocycles. The third kappa shape index (κ3) is 6.84. The topological polar surface area (TPSA) is 73.8 Å². The summed E-state index contributed by atoms with van der Waals surface area (Å²) < 4.78 is 39.0. The van der Waals surface area contributed by atoms with Gasteiger partial charge in [-0.15, -0.1) is 24.0 Å². The highest BCUT2D eigenvalue weighted by Crippen LogP contribution is 2.23. The summed E-state index contributed by atoms with van der Waals surface area (Å²) in [5.74, 6) is 0.580. The molecule has 2 rings (SSSR count). The fourth-order valence-electron chi connectivity index (χ4n) is 3.17. The number of guanidine groups is 1. The molecular weight excluding hydrogens is 494 g/mol. The maximum Gasteiger partial charge on any atom is 0.213 e. The van der Waals surface area contributed by atoms with Crippen molar-refractivity contribution in [1.82, 2.24) is 14.9 Å². The zero-order chi connectivity index (χ0) is 20.1. The van der Waals surface area contributed by atoms with Crippen molar-refractivity contribution in [3.05, 3.63) is 35.6 Å². The van der Waals surface area contributed by atoms with E-state index >= 15 is 0 Å². The number of piperidine rings is 1. The second kappa shape index (κ2) is 10.7. The first-order valence-electron chi connectivity index (χ1n) is 9.39. The van der Waals surface area contributed by atoms with Crippen molar-refractivity contribution in [2.24, 2.45) is 4.99 Å². The zero-order valence-corrected chi connectivity index (χ0v) is 20.2. The molecule has 0 radical (unpaired) electrons. The zero-order valence-electron chi connectivity index (χ0n) is 17.0. The van der Waals surface area contributed by atoms with Gasteiger partial charge in [0.05, 0.1) is 5.75 Å². The predicted octanol–water partition coefficient (Wildman–Crippen LogP) is 2.70. The molecule has 1 aliphatic rings. The highest BCUT2D eigenvalue weighted by Gasteiger charge is 2.27. The molecule has 1 fully saturated rings. The van der Waals surface area contributed by atoms with Crippen molar-refractivity contribution in [3.63, 3.8) is 0 Å². The minimum atomic E-state index is -3.11. The van der Waals surface area contributed by atoms with Crippen LogP contribution in [0, 0.1) is 5.82 Å². The van der Waals surface area contributed by atoms with E-state index in [0.717, 1.165) is 18.4 Å². The van der Waals surface area contributed by atoms with Gasteiger partial charge in [0.2, 0.25) is 10.0 Å². The first kappa shape index (κ1) is 25.1. The predicted molar refractivity (Wildman–Crippen MR) is 123 cm³/mol. The van der Waals surface area contributed by atoms with E-state index in [1.807, 2.05) is 6.07 Å². The number of benzene rings is 1. The van der Waals surface area contributed by atoms with Crippen LogP contribution in [-0.4, -0.2) is 57.2 Å². The molecule has 0 amide bonds. The molecule has 0 spiro atoms. The van der Waals surface area contributed by atoms with Crippen molar-refractivity contribution < 1.29 is 12.8 Å². The fraction of sp³-hybridized carbons (Fsp3) is 0.632. The van der Waals surface area contributed by atoms with Gasteiger partial charge in [0, 0.05) is 38.1 Å². The number of aliphatic imine (C=N–C) groups is 1. The second-order valence-corrected chi connectivity index (χ2v) is 9.80. The number of rotatable bonds is 6. The average molecular weight is 526 g/mol. The van der Waals surface area contributed by atoms with Crippen LogP contribution in [0.25, 0.3) is 0 Å². The van der Waals surface area contributed by atoms with Gasteiger partial charge in [-0.05, 0) is 37.5 Å². The van der Waals surface area contributed by atoms with E-state index in [1.165, 1.54) is 6.07 Å². The Balaban J connectivity index is 0.00000392. The summed E-state index contributed by atoms with van der Waals surface area (Å²) in [6.45, 7) is 7.43. The molecule has 0 bridgehead atoms. The molecule has 9 heteroatoms. The van der Waals surface area contributed by atoms with Gasteiger partial charge in [-0.25, -0.2) is 17.1 Å². The smallest absolute Gasteiger partial charge is 0.213 e. The molecule has 0 aromatic heterocycles. The summed E-state index contributed by atoms with van der Waals surface area (Å²) in [5.41, 5.74) is 0.654. The second-order valence-electron chi connectivity index (χ2n) is 7.54. The number of hydrogen-bond acceptors (Lipinski definition) is 3. The lowest BCUT2D eigenvalue weighted by Crippen LogP contribution is -2.51. The molecule has 28 heavy (non-hydrogen) atoms. The summed E-state index contributed by atoms with van der Waals surface area (Å²) >= 11 is 0. The molecule has 0 saturated carbocycles. The standard InChI is InChI=1S/C19H31FN4O2S.HI/c1-5-27(25,26)24-11-9-17(10-12-24)23-18(21-4)22-14-19(2,3)15-7-6-8-16(20)13-15;/h6-8,13,17H,5,9-12,14H2,1-4H3,(H2,21,22,23);1H. The number of halogens is 2. The molecule has 160 valence electrons. The molecular formula is C19H32FIN4O2S. The Morgan fingerprint density at radius 1 is 1.32 bits per heavy atom. The molecule has 1 saturated heterocycles. The SMILES string of the molecule is CCS(=O)(=O)N1CCC(NC(=NC)NCC(C)(C)c2cccc(F)c2)CC1.I. The number of nitrogens with zero attached hydrogens (tertiary/aromatic N) is 2. The minimum absolute atomic E-state index is 0. The van der Waals surface area contributed by atoms with E-state index in [-0.39, 0.29) is 47.0 Å². The van der Waals surface area contributed by atoms with Gasteiger partial charge < -0.3 is 10.6 Å². The third-order valence-electron chi connectivity index (χ3n) is 5.08. The Hall–Kier alpha value is -0.940. The Labute approximate surface area is 185 Å². The minimum Gasteiger partial charge on any atom is -0.356 e. The molecule has 1 aromatic rings. The molecule has 1 heterocycles. The van der Waals surface area contributed by atoms with Gasteiger partial charge in [-0.2, -0.15) is 0 Å². The monoisotopic (exact) mass is 526 g/mol. The highest BCUT2D eigenvalue weighted by atomic mass is 127. The van der Waals surface area contributed by atoms with Crippen LogP contribution < -0.4 is 10.6 Å². The maximum atomic E-state index is 13.5. The van der Waals surface area contributed by atoms with E-state index in [9.17, 15) is 12.8 Å². The first-order chi connectivity index (χ1) is 12.7. The van der Waals surface area contributed by atoms with Crippen molar-refractivity contribution >= 4 is 40.0 Å². The van der Waals surface area contributed by atoms with Crippen LogP contribution in [0.1, 0.15) is 39.2 Å². The molecule has 2 N–H and O–H groups in total. The Morgan fingerprint density at radius 3 is 2.50 bits per heavy atom. The van der Waals surface area contributed by atoms with Crippen LogP contribution in [0.15, 0.2) is 29.3 Å². The van der Waals surface area contributed by atoms with E-state index in [2.05, 4.69) is 29.5 Å². The fourth-order valence-corrected chi connectivity index (χ4v) is 4.30. The van der Waals surface area contributed by atoms with Crippen LogP contribution in [0.3, 0.4) is 0 Å². The number of sulfonamides is 1.